The van der Waals surface area contributed by atoms with E-state index in [9.17, 15) is 18.0 Å². The van der Waals surface area contributed by atoms with Gasteiger partial charge in [-0.25, -0.2) is 4.79 Å². The molecule has 1 aliphatic carbocycles. The Morgan fingerprint density at radius 2 is 1.82 bits per heavy atom. The van der Waals surface area contributed by atoms with E-state index in [1.54, 1.807) is 31.7 Å². The Balaban J connectivity index is 2.26. The summed E-state index contributed by atoms with van der Waals surface area (Å²) in [6.45, 7) is 4.02. The minimum atomic E-state index is -4.45. The molecular weight excluding hydrogens is 373 g/mol. The minimum absolute atomic E-state index is 0.0273. The molecule has 1 amide bonds. The van der Waals surface area contributed by atoms with Gasteiger partial charge in [-0.05, 0) is 51.8 Å². The van der Waals surface area contributed by atoms with E-state index in [0.717, 1.165) is 32.1 Å². The number of carbonyl (C=O) groups excluding carboxylic acids is 1. The molecule has 0 atom stereocenters. The molecule has 0 bridgehead atoms. The van der Waals surface area contributed by atoms with E-state index >= 15 is 0 Å². The van der Waals surface area contributed by atoms with Crippen molar-refractivity contribution < 1.29 is 27.4 Å². The van der Waals surface area contributed by atoms with Crippen LogP contribution in [0, 0.1) is 0 Å². The number of carbonyl (C=O) groups is 1. The van der Waals surface area contributed by atoms with E-state index < -0.39 is 24.5 Å². The number of ether oxygens (including phenoxy) is 2. The Morgan fingerprint density at radius 1 is 1.18 bits per heavy atom. The van der Waals surface area contributed by atoms with Crippen molar-refractivity contribution in [2.24, 2.45) is 0 Å². The van der Waals surface area contributed by atoms with Gasteiger partial charge in [0.25, 0.3) is 0 Å². The van der Waals surface area contributed by atoms with Gasteiger partial charge in [0.1, 0.15) is 11.4 Å². The summed E-state index contributed by atoms with van der Waals surface area (Å²) >= 11 is 0. The number of amides is 1. The largest absolute Gasteiger partial charge is 0.484 e. The van der Waals surface area contributed by atoms with Gasteiger partial charge in [0.05, 0.1) is 6.54 Å². The summed E-state index contributed by atoms with van der Waals surface area (Å²) in [7, 11) is 0. The summed E-state index contributed by atoms with van der Waals surface area (Å²) < 4.78 is 48.3. The van der Waals surface area contributed by atoms with Gasteiger partial charge in [-0.1, -0.05) is 19.3 Å². The molecule has 0 heterocycles. The summed E-state index contributed by atoms with van der Waals surface area (Å²) in [5.74, 6) is 0.0656. The smallest absolute Gasteiger partial charge is 0.422 e. The first-order valence-electron chi connectivity index (χ1n) is 9.52. The Kier molecular flexibility index (Phi) is 7.06. The fourth-order valence-corrected chi connectivity index (χ4v) is 3.26. The maximum absolute atomic E-state index is 12.8. The number of anilines is 1. The van der Waals surface area contributed by atoms with Crippen molar-refractivity contribution in [1.82, 2.24) is 4.90 Å². The van der Waals surface area contributed by atoms with Crippen LogP contribution in [-0.2, 0) is 11.3 Å². The Hall–Kier alpha value is -2.12. The highest BCUT2D eigenvalue weighted by atomic mass is 19.4. The summed E-state index contributed by atoms with van der Waals surface area (Å²) in [6.07, 6.45) is -0.162. The number of benzene rings is 1. The van der Waals surface area contributed by atoms with Crippen molar-refractivity contribution in [2.75, 3.05) is 12.3 Å². The standard InChI is InChI=1S/C20H29F3N2O3/c1-19(2,3)28-18(26)25(16-7-5-4-6-8-16)12-14-11-15(24)9-10-17(14)27-13-20(21,22)23/h9-11,16H,4-8,12-13,24H2,1-3H3. The highest BCUT2D eigenvalue weighted by Gasteiger charge is 2.32. The number of nitrogens with two attached hydrogens (primary N) is 1. The van der Waals surface area contributed by atoms with E-state index in [4.69, 9.17) is 15.2 Å². The van der Waals surface area contributed by atoms with Gasteiger partial charge >= 0.3 is 12.3 Å². The first kappa shape index (κ1) is 22.2. The van der Waals surface area contributed by atoms with Gasteiger partial charge in [-0.15, -0.1) is 0 Å². The zero-order valence-electron chi connectivity index (χ0n) is 16.6. The third-order valence-electron chi connectivity index (χ3n) is 4.46. The summed E-state index contributed by atoms with van der Waals surface area (Å²) in [4.78, 5) is 14.4. The topological polar surface area (TPSA) is 64.8 Å². The van der Waals surface area contributed by atoms with E-state index in [1.807, 2.05) is 0 Å². The van der Waals surface area contributed by atoms with Crippen molar-refractivity contribution in [2.45, 2.75) is 77.2 Å². The lowest BCUT2D eigenvalue weighted by atomic mass is 9.94. The van der Waals surface area contributed by atoms with E-state index in [1.165, 1.54) is 12.1 Å². The summed E-state index contributed by atoms with van der Waals surface area (Å²) in [6, 6.07) is 4.41. The molecule has 0 spiro atoms. The average Bonchev–Trinajstić information content (AvgIpc) is 2.57. The highest BCUT2D eigenvalue weighted by Crippen LogP contribution is 2.30. The monoisotopic (exact) mass is 402 g/mol. The summed E-state index contributed by atoms with van der Waals surface area (Å²) in [5, 5.41) is 0. The van der Waals surface area contributed by atoms with Crippen LogP contribution in [0.5, 0.6) is 5.75 Å². The van der Waals surface area contributed by atoms with Crippen LogP contribution in [0.25, 0.3) is 0 Å². The molecule has 1 fully saturated rings. The molecule has 0 unspecified atom stereocenters. The maximum atomic E-state index is 12.8. The quantitative estimate of drug-likeness (QED) is 0.681. The van der Waals surface area contributed by atoms with Crippen molar-refractivity contribution in [3.8, 4) is 5.75 Å². The molecule has 1 aromatic carbocycles. The minimum Gasteiger partial charge on any atom is -0.484 e. The van der Waals surface area contributed by atoms with Gasteiger partial charge in [-0.3, -0.25) is 0 Å². The van der Waals surface area contributed by atoms with E-state index in [2.05, 4.69) is 0 Å². The molecular formula is C20H29F3N2O3. The average molecular weight is 402 g/mol. The third-order valence-corrected chi connectivity index (χ3v) is 4.46. The molecule has 2 N–H and O–H groups in total. The van der Waals surface area contributed by atoms with Gasteiger partial charge in [0.15, 0.2) is 6.61 Å². The molecule has 1 aromatic rings. The second-order valence-corrected chi connectivity index (χ2v) is 8.17. The van der Waals surface area contributed by atoms with Crippen LogP contribution in [0.1, 0.15) is 58.4 Å². The lowest BCUT2D eigenvalue weighted by Gasteiger charge is -2.36. The number of hydrogen-bond donors (Lipinski definition) is 1. The number of nitrogen functional groups attached to an aromatic ring is 1. The van der Waals surface area contributed by atoms with Crippen molar-refractivity contribution in [3.63, 3.8) is 0 Å². The molecule has 0 radical (unpaired) electrons. The molecule has 0 aliphatic heterocycles. The molecule has 0 aromatic heterocycles. The normalized spacial score (nSPS) is 15.9. The molecule has 5 nitrogen and oxygen atoms in total. The Bertz CT molecular complexity index is 666. The van der Waals surface area contributed by atoms with Crippen LogP contribution >= 0.6 is 0 Å². The van der Waals surface area contributed by atoms with Crippen molar-refractivity contribution in [1.29, 1.82) is 0 Å². The first-order valence-corrected chi connectivity index (χ1v) is 9.52. The number of hydrogen-bond acceptors (Lipinski definition) is 4. The van der Waals surface area contributed by atoms with Gasteiger partial charge in [-0.2, -0.15) is 13.2 Å². The summed E-state index contributed by atoms with van der Waals surface area (Å²) in [5.41, 5.74) is 5.98. The molecule has 1 aliphatic rings. The van der Waals surface area contributed by atoms with E-state index in [-0.39, 0.29) is 18.3 Å². The van der Waals surface area contributed by atoms with Gasteiger partial charge in [0, 0.05) is 17.3 Å². The van der Waals surface area contributed by atoms with Gasteiger partial charge in [0.2, 0.25) is 0 Å². The van der Waals surface area contributed by atoms with Crippen molar-refractivity contribution in [3.05, 3.63) is 23.8 Å². The molecule has 1 saturated carbocycles. The van der Waals surface area contributed by atoms with E-state index in [0.29, 0.717) is 11.3 Å². The molecule has 28 heavy (non-hydrogen) atoms. The highest BCUT2D eigenvalue weighted by molar-refractivity contribution is 5.69. The zero-order valence-corrected chi connectivity index (χ0v) is 16.6. The zero-order chi connectivity index (χ0) is 20.9. The molecule has 8 heteroatoms. The molecule has 158 valence electrons. The number of halogens is 3. The van der Waals surface area contributed by atoms with Crippen LogP contribution in [0.2, 0.25) is 0 Å². The van der Waals surface area contributed by atoms with Crippen LogP contribution < -0.4 is 10.5 Å². The van der Waals surface area contributed by atoms with Crippen molar-refractivity contribution >= 4 is 11.8 Å². The first-order chi connectivity index (χ1) is 12.9. The lowest BCUT2D eigenvalue weighted by molar-refractivity contribution is -0.153. The lowest BCUT2D eigenvalue weighted by Crippen LogP contribution is -2.43. The molecule has 2 rings (SSSR count). The second kappa shape index (κ2) is 8.92. The van der Waals surface area contributed by atoms with Gasteiger partial charge < -0.3 is 20.1 Å². The fourth-order valence-electron chi connectivity index (χ4n) is 3.26. The van der Waals surface area contributed by atoms with Crippen LogP contribution in [0.15, 0.2) is 18.2 Å². The van der Waals surface area contributed by atoms with Crippen LogP contribution in [0.4, 0.5) is 23.7 Å². The van der Waals surface area contributed by atoms with Crippen LogP contribution in [0.3, 0.4) is 0 Å². The third kappa shape index (κ3) is 7.13. The Labute approximate surface area is 164 Å². The number of rotatable bonds is 5. The second-order valence-electron chi connectivity index (χ2n) is 8.17. The molecule has 0 saturated heterocycles. The predicted octanol–water partition coefficient (Wildman–Crippen LogP) is 5.28. The maximum Gasteiger partial charge on any atom is 0.422 e. The SMILES string of the molecule is CC(C)(C)OC(=O)N(Cc1cc(N)ccc1OCC(F)(F)F)C1CCCCC1. The Morgan fingerprint density at radius 3 is 2.39 bits per heavy atom. The predicted molar refractivity (Wildman–Crippen MR) is 101 cm³/mol. The number of nitrogens with zero attached hydrogens (tertiary/aromatic N) is 1. The fraction of sp³-hybridized carbons (Fsp3) is 0.650. The number of alkyl halides is 3. The van der Waals surface area contributed by atoms with Crippen LogP contribution in [-0.4, -0.2) is 35.4 Å².